The van der Waals surface area contributed by atoms with Gasteiger partial charge in [-0.05, 0) is 18.0 Å². The van der Waals surface area contributed by atoms with Gasteiger partial charge in [-0.3, -0.25) is 4.68 Å². The minimum Gasteiger partial charge on any atom is -0.301 e. The number of hydrogen-bond donors (Lipinski definition) is 0. The quantitative estimate of drug-likeness (QED) is 0.846. The van der Waals surface area contributed by atoms with Gasteiger partial charge in [0.1, 0.15) is 10.6 Å². The summed E-state index contributed by atoms with van der Waals surface area (Å²) in [7, 11) is -1.74. The predicted molar refractivity (Wildman–Crippen MR) is 87.4 cm³/mol. The van der Waals surface area contributed by atoms with Crippen molar-refractivity contribution in [2.24, 2.45) is 7.05 Å². The van der Waals surface area contributed by atoms with E-state index in [0.29, 0.717) is 23.7 Å². The van der Waals surface area contributed by atoms with Crippen LogP contribution in [0, 0.1) is 0 Å². The van der Waals surface area contributed by atoms with Gasteiger partial charge in [-0.15, -0.1) is 11.3 Å². The van der Waals surface area contributed by atoms with Crippen molar-refractivity contribution in [3.63, 3.8) is 0 Å². The van der Waals surface area contributed by atoms with E-state index in [2.05, 4.69) is 16.9 Å². The molecule has 3 heterocycles. The Morgan fingerprint density at radius 2 is 2.00 bits per heavy atom. The van der Waals surface area contributed by atoms with E-state index >= 15 is 0 Å². The smallest absolute Gasteiger partial charge is 0.246 e. The molecular formula is C14H20N4O2S2. The van der Waals surface area contributed by atoms with Crippen LogP contribution >= 0.6 is 11.3 Å². The normalized spacial score (nSPS) is 17.9. The summed E-state index contributed by atoms with van der Waals surface area (Å²) in [5.74, 6) is 0. The number of hydrogen-bond acceptors (Lipinski definition) is 5. The minimum absolute atomic E-state index is 0.308. The first-order chi connectivity index (χ1) is 10.5. The predicted octanol–water partition coefficient (Wildman–Crippen LogP) is 1.47. The molecule has 0 saturated carbocycles. The van der Waals surface area contributed by atoms with Crippen molar-refractivity contribution in [1.29, 1.82) is 0 Å². The second-order valence-corrected chi connectivity index (χ2v) is 8.19. The Balaban J connectivity index is 1.93. The SMILES string of the molecule is CCN1CCN(S(=O)(=O)c2cn(C)nc2-c2cccs2)CC1. The van der Waals surface area contributed by atoms with Crippen molar-refractivity contribution in [3.8, 4) is 10.6 Å². The van der Waals surface area contributed by atoms with Crippen LogP contribution in [0.4, 0.5) is 0 Å². The molecule has 0 unspecified atom stereocenters. The lowest BCUT2D eigenvalue weighted by Gasteiger charge is -2.33. The maximum absolute atomic E-state index is 13.0. The summed E-state index contributed by atoms with van der Waals surface area (Å²) >= 11 is 1.50. The zero-order valence-electron chi connectivity index (χ0n) is 12.8. The molecule has 0 spiro atoms. The van der Waals surface area contributed by atoms with Gasteiger partial charge in [0, 0.05) is 39.4 Å². The van der Waals surface area contributed by atoms with Crippen molar-refractivity contribution in [1.82, 2.24) is 19.0 Å². The molecule has 2 aromatic rings. The summed E-state index contributed by atoms with van der Waals surface area (Å²) in [5, 5.41) is 6.29. The third-order valence-corrected chi connectivity index (χ3v) is 6.72. The van der Waals surface area contributed by atoms with E-state index in [1.807, 2.05) is 17.5 Å². The Morgan fingerprint density at radius 3 is 2.59 bits per heavy atom. The highest BCUT2D eigenvalue weighted by Crippen LogP contribution is 2.31. The van der Waals surface area contributed by atoms with Crippen molar-refractivity contribution < 1.29 is 8.42 Å². The second-order valence-electron chi connectivity index (χ2n) is 5.33. The molecule has 3 rings (SSSR count). The minimum atomic E-state index is -3.50. The first-order valence-electron chi connectivity index (χ1n) is 7.32. The molecule has 2 aromatic heterocycles. The van der Waals surface area contributed by atoms with Gasteiger partial charge in [0.05, 0.1) is 4.88 Å². The lowest BCUT2D eigenvalue weighted by atomic mass is 10.3. The van der Waals surface area contributed by atoms with E-state index in [1.165, 1.54) is 11.3 Å². The van der Waals surface area contributed by atoms with Crippen LogP contribution in [0.25, 0.3) is 10.6 Å². The molecule has 1 aliphatic rings. The van der Waals surface area contributed by atoms with Crippen molar-refractivity contribution in [2.75, 3.05) is 32.7 Å². The van der Waals surface area contributed by atoms with Crippen LogP contribution in [0.1, 0.15) is 6.92 Å². The van der Waals surface area contributed by atoms with Crippen LogP contribution in [0.3, 0.4) is 0 Å². The highest BCUT2D eigenvalue weighted by atomic mass is 32.2. The summed E-state index contributed by atoms with van der Waals surface area (Å²) in [6, 6.07) is 3.81. The van der Waals surface area contributed by atoms with Crippen LogP contribution in [-0.2, 0) is 17.1 Å². The number of rotatable bonds is 4. The average molecular weight is 340 g/mol. The fraction of sp³-hybridized carbons (Fsp3) is 0.500. The Morgan fingerprint density at radius 1 is 1.27 bits per heavy atom. The molecule has 0 N–H and O–H groups in total. The Kier molecular flexibility index (Phi) is 4.35. The molecule has 22 heavy (non-hydrogen) atoms. The fourth-order valence-electron chi connectivity index (χ4n) is 2.66. The first-order valence-corrected chi connectivity index (χ1v) is 9.64. The lowest BCUT2D eigenvalue weighted by molar-refractivity contribution is 0.196. The summed E-state index contributed by atoms with van der Waals surface area (Å²) < 4.78 is 29.1. The molecule has 120 valence electrons. The molecule has 0 radical (unpaired) electrons. The molecule has 0 amide bonds. The summed E-state index contributed by atoms with van der Waals surface area (Å²) in [6.07, 6.45) is 1.61. The largest absolute Gasteiger partial charge is 0.301 e. The monoisotopic (exact) mass is 340 g/mol. The molecule has 1 saturated heterocycles. The van der Waals surface area contributed by atoms with Gasteiger partial charge in [-0.1, -0.05) is 13.0 Å². The molecule has 0 aromatic carbocycles. The lowest BCUT2D eigenvalue weighted by Crippen LogP contribution is -2.48. The molecule has 6 nitrogen and oxygen atoms in total. The topological polar surface area (TPSA) is 58.4 Å². The van der Waals surface area contributed by atoms with Crippen LogP contribution in [0.2, 0.25) is 0 Å². The molecule has 1 aliphatic heterocycles. The number of nitrogens with zero attached hydrogens (tertiary/aromatic N) is 4. The highest BCUT2D eigenvalue weighted by molar-refractivity contribution is 7.89. The second kappa shape index (κ2) is 6.11. The van der Waals surface area contributed by atoms with E-state index in [-0.39, 0.29) is 0 Å². The Hall–Kier alpha value is -1.22. The van der Waals surface area contributed by atoms with Gasteiger partial charge >= 0.3 is 0 Å². The number of aromatic nitrogens is 2. The van der Waals surface area contributed by atoms with Crippen LogP contribution in [0.15, 0.2) is 28.6 Å². The van der Waals surface area contributed by atoms with Crippen molar-refractivity contribution in [3.05, 3.63) is 23.7 Å². The maximum atomic E-state index is 13.0. The number of sulfonamides is 1. The summed E-state index contributed by atoms with van der Waals surface area (Å²) in [4.78, 5) is 3.45. The van der Waals surface area contributed by atoms with E-state index in [9.17, 15) is 8.42 Å². The van der Waals surface area contributed by atoms with Crippen molar-refractivity contribution in [2.45, 2.75) is 11.8 Å². The molecule has 0 bridgehead atoms. The zero-order chi connectivity index (χ0) is 15.7. The Bertz CT molecular complexity index is 729. The van der Waals surface area contributed by atoms with Crippen molar-refractivity contribution >= 4 is 21.4 Å². The third-order valence-electron chi connectivity index (χ3n) is 3.95. The average Bonchev–Trinajstić information content (AvgIpc) is 3.16. The van der Waals surface area contributed by atoms with Crippen LogP contribution in [-0.4, -0.2) is 60.1 Å². The zero-order valence-corrected chi connectivity index (χ0v) is 14.4. The molecule has 0 atom stereocenters. The number of aryl methyl sites for hydroxylation is 1. The van der Waals surface area contributed by atoms with E-state index < -0.39 is 10.0 Å². The van der Waals surface area contributed by atoms with Gasteiger partial charge in [-0.25, -0.2) is 8.42 Å². The summed E-state index contributed by atoms with van der Waals surface area (Å²) in [5.41, 5.74) is 0.551. The van der Waals surface area contributed by atoms with E-state index in [4.69, 9.17) is 0 Å². The number of thiophene rings is 1. The van der Waals surface area contributed by atoms with Gasteiger partial charge in [-0.2, -0.15) is 9.40 Å². The van der Waals surface area contributed by atoms with Gasteiger partial charge in [0.15, 0.2) is 0 Å². The summed E-state index contributed by atoms with van der Waals surface area (Å²) in [6.45, 7) is 5.69. The molecule has 8 heteroatoms. The molecule has 0 aliphatic carbocycles. The molecular weight excluding hydrogens is 320 g/mol. The van der Waals surface area contributed by atoms with Gasteiger partial charge in [0.25, 0.3) is 0 Å². The van der Waals surface area contributed by atoms with Crippen LogP contribution in [0.5, 0.6) is 0 Å². The number of piperazine rings is 1. The van der Waals surface area contributed by atoms with E-state index in [1.54, 1.807) is 22.2 Å². The fourth-order valence-corrected chi connectivity index (χ4v) is 5.06. The first kappa shape index (κ1) is 15.7. The van der Waals surface area contributed by atoms with E-state index in [0.717, 1.165) is 24.5 Å². The third kappa shape index (κ3) is 2.83. The highest BCUT2D eigenvalue weighted by Gasteiger charge is 2.32. The Labute approximate surface area is 135 Å². The standard InChI is InChI=1S/C14H20N4O2S2/c1-3-17-6-8-18(9-7-17)22(19,20)13-11-16(2)15-14(13)12-5-4-10-21-12/h4-5,10-11H,3,6-9H2,1-2H3. The van der Waals surface area contributed by atoms with Crippen LogP contribution < -0.4 is 0 Å². The van der Waals surface area contributed by atoms with Gasteiger partial charge in [0.2, 0.25) is 10.0 Å². The molecule has 1 fully saturated rings. The van der Waals surface area contributed by atoms with Gasteiger partial charge < -0.3 is 4.90 Å². The number of likely N-dealkylation sites (N-methyl/N-ethyl adjacent to an activating group) is 1. The maximum Gasteiger partial charge on any atom is 0.246 e.